The Morgan fingerprint density at radius 1 is 1.06 bits per heavy atom. The summed E-state index contributed by atoms with van der Waals surface area (Å²) in [5.41, 5.74) is 3.43. The van der Waals surface area contributed by atoms with E-state index in [4.69, 9.17) is 9.15 Å². The molecule has 4 aromatic rings. The fraction of sp³-hybridized carbons (Fsp3) is 0.125. The second kappa shape index (κ2) is 9.13. The molecule has 1 amide bonds. The SMILES string of the molecule is Cc1cccc(-c2nn(-c3ccccc3)cc2C(=O)OCC(=O)NCc2ccco2)c1. The topological polar surface area (TPSA) is 86.4 Å². The fourth-order valence-corrected chi connectivity index (χ4v) is 3.10. The molecular formula is C24H21N3O4. The zero-order chi connectivity index (χ0) is 21.6. The molecule has 2 heterocycles. The van der Waals surface area contributed by atoms with Crippen LogP contribution in [0.4, 0.5) is 0 Å². The third-order valence-corrected chi connectivity index (χ3v) is 4.62. The smallest absolute Gasteiger partial charge is 0.342 e. The summed E-state index contributed by atoms with van der Waals surface area (Å²) in [6.07, 6.45) is 3.15. The number of aryl methyl sites for hydroxylation is 1. The van der Waals surface area contributed by atoms with Crippen molar-refractivity contribution in [2.24, 2.45) is 0 Å². The molecule has 0 unspecified atom stereocenters. The molecule has 0 radical (unpaired) electrons. The Morgan fingerprint density at radius 2 is 1.90 bits per heavy atom. The lowest BCUT2D eigenvalue weighted by Gasteiger charge is -2.06. The van der Waals surface area contributed by atoms with Crippen LogP contribution in [0, 0.1) is 6.92 Å². The third-order valence-electron chi connectivity index (χ3n) is 4.62. The summed E-state index contributed by atoms with van der Waals surface area (Å²) in [5, 5.41) is 7.26. The van der Waals surface area contributed by atoms with Crippen LogP contribution in [-0.4, -0.2) is 28.3 Å². The first-order valence-corrected chi connectivity index (χ1v) is 9.78. The summed E-state index contributed by atoms with van der Waals surface area (Å²) < 4.78 is 12.1. The molecule has 0 aliphatic heterocycles. The predicted molar refractivity (Wildman–Crippen MR) is 115 cm³/mol. The summed E-state index contributed by atoms with van der Waals surface area (Å²) in [7, 11) is 0. The van der Waals surface area contributed by atoms with E-state index in [1.807, 2.05) is 61.5 Å². The Bertz CT molecular complexity index is 1180. The maximum absolute atomic E-state index is 12.8. The Kier molecular flexibility index (Phi) is 5.93. The maximum Gasteiger partial charge on any atom is 0.342 e. The molecule has 2 aromatic carbocycles. The van der Waals surface area contributed by atoms with Crippen molar-refractivity contribution < 1.29 is 18.7 Å². The zero-order valence-electron chi connectivity index (χ0n) is 16.9. The van der Waals surface area contributed by atoms with Crippen LogP contribution in [0.2, 0.25) is 0 Å². The highest BCUT2D eigenvalue weighted by Gasteiger charge is 2.21. The number of carbonyl (C=O) groups excluding carboxylic acids is 2. The molecule has 2 aromatic heterocycles. The lowest BCUT2D eigenvalue weighted by molar-refractivity contribution is -0.124. The molecule has 0 saturated carbocycles. The number of para-hydroxylation sites is 1. The molecule has 0 bridgehead atoms. The standard InChI is InChI=1S/C24H21N3O4/c1-17-7-5-8-18(13-17)23-21(15-27(26-23)19-9-3-2-4-10-19)24(29)31-16-22(28)25-14-20-11-6-12-30-20/h2-13,15H,14,16H2,1H3,(H,25,28). The van der Waals surface area contributed by atoms with Crippen LogP contribution in [0.25, 0.3) is 16.9 Å². The van der Waals surface area contributed by atoms with Crippen LogP contribution < -0.4 is 5.32 Å². The number of ether oxygens (including phenoxy) is 1. The normalized spacial score (nSPS) is 10.6. The average molecular weight is 415 g/mol. The number of carbonyl (C=O) groups is 2. The van der Waals surface area contributed by atoms with Crippen LogP contribution in [-0.2, 0) is 16.1 Å². The molecule has 0 saturated heterocycles. The summed E-state index contributed by atoms with van der Waals surface area (Å²) in [6.45, 7) is 1.80. The van der Waals surface area contributed by atoms with Crippen LogP contribution in [0.15, 0.2) is 83.6 Å². The van der Waals surface area contributed by atoms with Crippen molar-refractivity contribution in [3.63, 3.8) is 0 Å². The lowest BCUT2D eigenvalue weighted by atomic mass is 10.1. The van der Waals surface area contributed by atoms with E-state index in [1.54, 1.807) is 23.0 Å². The number of hydrogen-bond donors (Lipinski definition) is 1. The van der Waals surface area contributed by atoms with Crippen molar-refractivity contribution >= 4 is 11.9 Å². The number of amides is 1. The Labute approximate surface area is 179 Å². The van der Waals surface area contributed by atoms with Gasteiger partial charge < -0.3 is 14.5 Å². The van der Waals surface area contributed by atoms with Crippen LogP contribution >= 0.6 is 0 Å². The largest absolute Gasteiger partial charge is 0.467 e. The first-order chi connectivity index (χ1) is 15.1. The van der Waals surface area contributed by atoms with E-state index < -0.39 is 18.5 Å². The number of rotatable bonds is 7. The van der Waals surface area contributed by atoms with E-state index in [2.05, 4.69) is 10.4 Å². The highest BCUT2D eigenvalue weighted by molar-refractivity contribution is 5.97. The molecule has 0 spiro atoms. The minimum atomic E-state index is -0.619. The van der Waals surface area contributed by atoms with E-state index in [9.17, 15) is 9.59 Å². The van der Waals surface area contributed by atoms with Gasteiger partial charge in [0.1, 0.15) is 17.0 Å². The molecule has 156 valence electrons. The molecule has 0 fully saturated rings. The van der Waals surface area contributed by atoms with Gasteiger partial charge in [0.15, 0.2) is 6.61 Å². The third kappa shape index (κ3) is 4.90. The zero-order valence-corrected chi connectivity index (χ0v) is 16.9. The van der Waals surface area contributed by atoms with Crippen molar-refractivity contribution in [1.82, 2.24) is 15.1 Å². The van der Waals surface area contributed by atoms with Crippen molar-refractivity contribution in [2.45, 2.75) is 13.5 Å². The number of benzene rings is 2. The number of nitrogens with zero attached hydrogens (tertiary/aromatic N) is 2. The van der Waals surface area contributed by atoms with E-state index in [1.165, 1.54) is 6.26 Å². The van der Waals surface area contributed by atoms with Gasteiger partial charge >= 0.3 is 5.97 Å². The summed E-state index contributed by atoms with van der Waals surface area (Å²) >= 11 is 0. The summed E-state index contributed by atoms with van der Waals surface area (Å²) in [5.74, 6) is -0.422. The van der Waals surface area contributed by atoms with E-state index in [0.717, 1.165) is 16.8 Å². The number of hydrogen-bond acceptors (Lipinski definition) is 5. The average Bonchev–Trinajstić information content (AvgIpc) is 3.47. The van der Waals surface area contributed by atoms with Crippen LogP contribution in [0.3, 0.4) is 0 Å². The van der Waals surface area contributed by atoms with E-state index in [-0.39, 0.29) is 12.1 Å². The minimum absolute atomic E-state index is 0.226. The van der Waals surface area contributed by atoms with Gasteiger partial charge in [0.2, 0.25) is 0 Å². The Balaban J connectivity index is 1.53. The van der Waals surface area contributed by atoms with Crippen molar-refractivity contribution in [1.29, 1.82) is 0 Å². The molecule has 7 nitrogen and oxygen atoms in total. The van der Waals surface area contributed by atoms with Gasteiger partial charge in [-0.3, -0.25) is 4.79 Å². The molecular weight excluding hydrogens is 394 g/mol. The lowest BCUT2D eigenvalue weighted by Crippen LogP contribution is -2.28. The predicted octanol–water partition coefficient (Wildman–Crippen LogP) is 3.91. The van der Waals surface area contributed by atoms with Crippen molar-refractivity contribution in [3.8, 4) is 16.9 Å². The fourth-order valence-electron chi connectivity index (χ4n) is 3.10. The number of aromatic nitrogens is 2. The molecule has 0 aliphatic rings. The second-order valence-electron chi connectivity index (χ2n) is 6.97. The van der Waals surface area contributed by atoms with Gasteiger partial charge in [0.05, 0.1) is 18.5 Å². The minimum Gasteiger partial charge on any atom is -0.467 e. The van der Waals surface area contributed by atoms with E-state index in [0.29, 0.717) is 11.5 Å². The molecule has 7 heteroatoms. The quantitative estimate of drug-likeness (QED) is 0.463. The van der Waals surface area contributed by atoms with Crippen molar-refractivity contribution in [2.75, 3.05) is 6.61 Å². The Hall–Kier alpha value is -4.13. The molecule has 0 atom stereocenters. The van der Waals surface area contributed by atoms with Crippen LogP contribution in [0.1, 0.15) is 21.7 Å². The molecule has 0 aliphatic carbocycles. The number of furan rings is 1. The molecule has 31 heavy (non-hydrogen) atoms. The maximum atomic E-state index is 12.8. The number of nitrogens with one attached hydrogen (secondary N) is 1. The van der Waals surface area contributed by atoms with Crippen LogP contribution in [0.5, 0.6) is 0 Å². The van der Waals surface area contributed by atoms with Gasteiger partial charge in [0, 0.05) is 11.8 Å². The summed E-state index contributed by atoms with van der Waals surface area (Å²) in [4.78, 5) is 24.9. The van der Waals surface area contributed by atoms with Gasteiger partial charge in [0.25, 0.3) is 5.91 Å². The summed E-state index contributed by atoms with van der Waals surface area (Å²) in [6, 6.07) is 20.7. The van der Waals surface area contributed by atoms with Gasteiger partial charge in [-0.05, 0) is 37.3 Å². The first-order valence-electron chi connectivity index (χ1n) is 9.78. The number of esters is 1. The highest BCUT2D eigenvalue weighted by atomic mass is 16.5. The molecule has 4 rings (SSSR count). The van der Waals surface area contributed by atoms with Gasteiger partial charge in [-0.2, -0.15) is 5.10 Å². The first kappa shape index (κ1) is 20.2. The van der Waals surface area contributed by atoms with Gasteiger partial charge in [-0.1, -0.05) is 42.0 Å². The monoisotopic (exact) mass is 415 g/mol. The van der Waals surface area contributed by atoms with Gasteiger partial charge in [-0.25, -0.2) is 9.48 Å². The molecule has 1 N–H and O–H groups in total. The van der Waals surface area contributed by atoms with E-state index >= 15 is 0 Å². The van der Waals surface area contributed by atoms with Crippen molar-refractivity contribution in [3.05, 3.63) is 96.1 Å². The Morgan fingerprint density at radius 3 is 2.65 bits per heavy atom. The highest BCUT2D eigenvalue weighted by Crippen LogP contribution is 2.25. The van der Waals surface area contributed by atoms with Gasteiger partial charge in [-0.15, -0.1) is 0 Å². The second-order valence-corrected chi connectivity index (χ2v) is 6.97.